The van der Waals surface area contributed by atoms with E-state index in [0.717, 1.165) is 5.56 Å². The number of aromatic amines is 1. The molecular formula is C19H14N2O3. The molecule has 1 aromatic carbocycles. The van der Waals surface area contributed by atoms with Gasteiger partial charge in [-0.3, -0.25) is 19.4 Å². The Morgan fingerprint density at radius 2 is 1.83 bits per heavy atom. The highest BCUT2D eigenvalue weighted by Crippen LogP contribution is 2.39. The second-order valence-corrected chi connectivity index (χ2v) is 6.00. The van der Waals surface area contributed by atoms with Gasteiger partial charge in [0.25, 0.3) is 0 Å². The molecular weight excluding hydrogens is 304 g/mol. The van der Waals surface area contributed by atoms with Crippen LogP contribution in [-0.4, -0.2) is 22.8 Å². The van der Waals surface area contributed by atoms with Crippen LogP contribution >= 0.6 is 0 Å². The van der Waals surface area contributed by atoms with Crippen molar-refractivity contribution in [3.8, 4) is 0 Å². The third-order valence-corrected chi connectivity index (χ3v) is 4.52. The number of pyridine rings is 1. The molecule has 0 amide bonds. The standard InChI is InChI=1S/C19H14N2O3/c1-10-9-13(22)21-17-14(10)18(23)15-12(11-5-3-2-4-6-11)7-8-20-16(15)19(17)24/h2-6,8-9,12H,7H2,1H3,(H,21,22). The molecule has 0 saturated carbocycles. The van der Waals surface area contributed by atoms with Crippen molar-refractivity contribution in [2.75, 3.05) is 0 Å². The largest absolute Gasteiger partial charge is 0.318 e. The first-order chi connectivity index (χ1) is 11.6. The second kappa shape index (κ2) is 5.23. The Balaban J connectivity index is 1.95. The van der Waals surface area contributed by atoms with Gasteiger partial charge in [-0.25, -0.2) is 0 Å². The Labute approximate surface area is 137 Å². The normalized spacial score (nSPS) is 19.3. The van der Waals surface area contributed by atoms with Crippen LogP contribution in [0.2, 0.25) is 0 Å². The lowest BCUT2D eigenvalue weighted by atomic mass is 9.77. The molecule has 1 aromatic heterocycles. The van der Waals surface area contributed by atoms with Crippen molar-refractivity contribution in [2.24, 2.45) is 4.99 Å². The number of allylic oxidation sites excluding steroid dienone is 2. The Morgan fingerprint density at radius 1 is 1.08 bits per heavy atom. The van der Waals surface area contributed by atoms with Crippen molar-refractivity contribution >= 4 is 17.8 Å². The van der Waals surface area contributed by atoms with Crippen LogP contribution in [0.1, 0.15) is 44.3 Å². The van der Waals surface area contributed by atoms with Crippen molar-refractivity contribution < 1.29 is 9.59 Å². The van der Waals surface area contributed by atoms with Crippen LogP contribution in [0, 0.1) is 6.92 Å². The highest BCUT2D eigenvalue weighted by atomic mass is 16.1. The van der Waals surface area contributed by atoms with Crippen LogP contribution in [0.3, 0.4) is 0 Å². The summed E-state index contributed by atoms with van der Waals surface area (Å²) in [6.45, 7) is 1.68. The minimum atomic E-state index is -0.393. The van der Waals surface area contributed by atoms with Gasteiger partial charge in [0.15, 0.2) is 5.78 Å². The predicted molar refractivity (Wildman–Crippen MR) is 89.8 cm³/mol. The van der Waals surface area contributed by atoms with Gasteiger partial charge in [-0.2, -0.15) is 0 Å². The van der Waals surface area contributed by atoms with E-state index in [1.165, 1.54) is 6.07 Å². The number of aromatic nitrogens is 1. The minimum Gasteiger partial charge on any atom is -0.318 e. The van der Waals surface area contributed by atoms with Crippen molar-refractivity contribution in [1.82, 2.24) is 4.98 Å². The highest BCUT2D eigenvalue weighted by molar-refractivity contribution is 6.27. The van der Waals surface area contributed by atoms with Gasteiger partial charge >= 0.3 is 0 Å². The molecule has 1 aliphatic heterocycles. The summed E-state index contributed by atoms with van der Waals surface area (Å²) in [6, 6.07) is 11.0. The molecule has 2 aliphatic rings. The summed E-state index contributed by atoms with van der Waals surface area (Å²) in [5.74, 6) is -0.814. The number of aryl methyl sites for hydroxylation is 1. The lowest BCUT2D eigenvalue weighted by molar-refractivity contribution is 0.0963. The van der Waals surface area contributed by atoms with Crippen LogP contribution in [0.4, 0.5) is 0 Å². The van der Waals surface area contributed by atoms with E-state index in [0.29, 0.717) is 17.6 Å². The third kappa shape index (κ3) is 2.01. The zero-order valence-electron chi connectivity index (χ0n) is 13.0. The Bertz CT molecular complexity index is 997. The molecule has 5 heteroatoms. The Hall–Kier alpha value is -3.08. The molecule has 118 valence electrons. The van der Waals surface area contributed by atoms with Crippen LogP contribution in [0.5, 0.6) is 0 Å². The maximum Gasteiger partial charge on any atom is 0.248 e. The van der Waals surface area contributed by atoms with Gasteiger partial charge in [-0.15, -0.1) is 0 Å². The van der Waals surface area contributed by atoms with E-state index < -0.39 is 11.3 Å². The summed E-state index contributed by atoms with van der Waals surface area (Å²) in [7, 11) is 0. The van der Waals surface area contributed by atoms with Gasteiger partial charge in [0, 0.05) is 23.8 Å². The number of hydrogen-bond donors (Lipinski definition) is 1. The number of carbonyl (C=O) groups excluding carboxylic acids is 2. The first kappa shape index (κ1) is 14.5. The van der Waals surface area contributed by atoms with Crippen LogP contribution in [0.25, 0.3) is 0 Å². The van der Waals surface area contributed by atoms with E-state index in [1.54, 1.807) is 13.1 Å². The number of rotatable bonds is 1. The molecule has 2 aromatic rings. The SMILES string of the molecule is Cc1cc(=O)[nH]c2c1C(=O)C1=C(N=CCC1c1ccccc1)C2=O. The molecule has 24 heavy (non-hydrogen) atoms. The monoisotopic (exact) mass is 318 g/mol. The molecule has 1 unspecified atom stereocenters. The summed E-state index contributed by atoms with van der Waals surface area (Å²) < 4.78 is 0. The van der Waals surface area contributed by atoms with Gasteiger partial charge in [-0.05, 0) is 24.5 Å². The van der Waals surface area contributed by atoms with Gasteiger partial charge in [-0.1, -0.05) is 30.3 Å². The number of Topliss-reactive ketones (excluding diaryl/α,β-unsaturated/α-hetero) is 2. The number of carbonyl (C=O) groups is 2. The molecule has 1 aliphatic carbocycles. The predicted octanol–water partition coefficient (Wildman–Crippen LogP) is 2.57. The van der Waals surface area contributed by atoms with Gasteiger partial charge in [0.2, 0.25) is 11.3 Å². The van der Waals surface area contributed by atoms with E-state index in [2.05, 4.69) is 9.98 Å². The van der Waals surface area contributed by atoms with Crippen LogP contribution < -0.4 is 5.56 Å². The number of H-pyrrole nitrogens is 1. The molecule has 0 fully saturated rings. The molecule has 5 nitrogen and oxygen atoms in total. The van der Waals surface area contributed by atoms with Crippen molar-refractivity contribution in [3.63, 3.8) is 0 Å². The molecule has 1 N–H and O–H groups in total. The average Bonchev–Trinajstić information content (AvgIpc) is 2.59. The third-order valence-electron chi connectivity index (χ3n) is 4.52. The molecule has 4 rings (SSSR count). The van der Waals surface area contributed by atoms with Crippen LogP contribution in [-0.2, 0) is 0 Å². The summed E-state index contributed by atoms with van der Waals surface area (Å²) >= 11 is 0. The maximum absolute atomic E-state index is 13.1. The van der Waals surface area contributed by atoms with Gasteiger partial charge in [0.05, 0.1) is 5.56 Å². The lowest BCUT2D eigenvalue weighted by Gasteiger charge is -2.28. The number of fused-ring (bicyclic) bond motifs is 1. The molecule has 0 spiro atoms. The minimum absolute atomic E-state index is 0.0506. The smallest absolute Gasteiger partial charge is 0.248 e. The fourth-order valence-corrected chi connectivity index (χ4v) is 3.44. The number of hydrogen-bond acceptors (Lipinski definition) is 4. The van der Waals surface area contributed by atoms with Gasteiger partial charge in [0.1, 0.15) is 11.4 Å². The van der Waals surface area contributed by atoms with Gasteiger partial charge < -0.3 is 4.98 Å². The quantitative estimate of drug-likeness (QED) is 0.877. The van der Waals surface area contributed by atoms with E-state index in [9.17, 15) is 14.4 Å². The van der Waals surface area contributed by atoms with Crippen molar-refractivity contribution in [3.05, 3.63) is 80.4 Å². The first-order valence-electron chi connectivity index (χ1n) is 7.73. The van der Waals surface area contributed by atoms with Crippen LogP contribution in [0.15, 0.2) is 57.5 Å². The maximum atomic E-state index is 13.1. The fourth-order valence-electron chi connectivity index (χ4n) is 3.44. The Morgan fingerprint density at radius 3 is 2.58 bits per heavy atom. The number of nitrogens with zero attached hydrogens (tertiary/aromatic N) is 1. The summed E-state index contributed by atoms with van der Waals surface area (Å²) in [5, 5.41) is 0. The second-order valence-electron chi connectivity index (χ2n) is 6.00. The average molecular weight is 318 g/mol. The number of aliphatic imine (C=N–C) groups is 1. The molecule has 0 saturated heterocycles. The lowest BCUT2D eigenvalue weighted by Crippen LogP contribution is -2.31. The molecule has 1 atom stereocenters. The zero-order chi connectivity index (χ0) is 16.8. The van der Waals surface area contributed by atoms with E-state index in [-0.39, 0.29) is 28.7 Å². The molecule has 0 radical (unpaired) electrons. The first-order valence-corrected chi connectivity index (χ1v) is 7.73. The number of nitrogens with one attached hydrogen (secondary N) is 1. The topological polar surface area (TPSA) is 79.4 Å². The summed E-state index contributed by atoms with van der Waals surface area (Å²) in [6.07, 6.45) is 2.24. The van der Waals surface area contributed by atoms with E-state index in [4.69, 9.17) is 0 Å². The molecule has 0 bridgehead atoms. The highest BCUT2D eigenvalue weighted by Gasteiger charge is 2.39. The fraction of sp³-hybridized carbons (Fsp3) is 0.158. The van der Waals surface area contributed by atoms with Crippen molar-refractivity contribution in [2.45, 2.75) is 19.3 Å². The summed E-state index contributed by atoms with van der Waals surface area (Å²) in [5.41, 5.74) is 2.01. The number of benzene rings is 1. The number of ketones is 2. The van der Waals surface area contributed by atoms with E-state index in [1.807, 2.05) is 30.3 Å². The Kier molecular flexibility index (Phi) is 3.16. The van der Waals surface area contributed by atoms with E-state index >= 15 is 0 Å². The summed E-state index contributed by atoms with van der Waals surface area (Å²) in [4.78, 5) is 44.3. The van der Waals surface area contributed by atoms with Crippen molar-refractivity contribution in [1.29, 1.82) is 0 Å². The molecule has 2 heterocycles. The zero-order valence-corrected chi connectivity index (χ0v) is 13.0.